The van der Waals surface area contributed by atoms with E-state index in [1.807, 2.05) is 30.3 Å². The zero-order valence-corrected chi connectivity index (χ0v) is 15.6. The van der Waals surface area contributed by atoms with Crippen LogP contribution in [0.4, 0.5) is 0 Å². The minimum Gasteiger partial charge on any atom is -0.497 e. The molecule has 0 bridgehead atoms. The van der Waals surface area contributed by atoms with Crippen molar-refractivity contribution >= 4 is 11.8 Å². The minimum absolute atomic E-state index is 0.0369. The predicted octanol–water partition coefficient (Wildman–Crippen LogP) is 2.28. The molecule has 1 saturated heterocycles. The van der Waals surface area contributed by atoms with Crippen molar-refractivity contribution in [3.05, 3.63) is 59.4 Å². The Morgan fingerprint density at radius 1 is 1.11 bits per heavy atom. The maximum Gasteiger partial charge on any atom is 0.274 e. The van der Waals surface area contributed by atoms with Gasteiger partial charge in [0.15, 0.2) is 0 Å². The van der Waals surface area contributed by atoms with Crippen LogP contribution in [0.3, 0.4) is 0 Å². The quantitative estimate of drug-likeness (QED) is 0.817. The highest BCUT2D eigenvalue weighted by Crippen LogP contribution is 2.50. The number of hydrogen-bond acceptors (Lipinski definition) is 5. The molecule has 2 aliphatic rings. The lowest BCUT2D eigenvalue weighted by Crippen LogP contribution is -2.49. The molecule has 2 aromatic rings. The van der Waals surface area contributed by atoms with Gasteiger partial charge >= 0.3 is 0 Å². The summed E-state index contributed by atoms with van der Waals surface area (Å²) in [5, 5.41) is 12.0. The first-order chi connectivity index (χ1) is 13.6. The second-order valence-electron chi connectivity index (χ2n) is 7.06. The van der Waals surface area contributed by atoms with Crippen LogP contribution in [-0.2, 0) is 10.2 Å². The summed E-state index contributed by atoms with van der Waals surface area (Å²) < 4.78 is 5.20. The van der Waals surface area contributed by atoms with E-state index in [9.17, 15) is 9.59 Å². The SMILES string of the molecule is COc1ccc(C2(C(=O)N3CCCN3C(=O)c3ccc(C#N)nc3)CC2)cc1. The number of hydrazine groups is 1. The van der Waals surface area contributed by atoms with Crippen molar-refractivity contribution in [2.24, 2.45) is 0 Å². The molecule has 1 aromatic heterocycles. The van der Waals surface area contributed by atoms with Gasteiger partial charge in [0.05, 0.1) is 18.1 Å². The van der Waals surface area contributed by atoms with Gasteiger partial charge in [-0.1, -0.05) is 12.1 Å². The third kappa shape index (κ3) is 2.97. The summed E-state index contributed by atoms with van der Waals surface area (Å²) in [6.07, 6.45) is 3.67. The highest BCUT2D eigenvalue weighted by molar-refractivity contribution is 5.98. The van der Waals surface area contributed by atoms with Crippen LogP contribution in [-0.4, -0.2) is 47.0 Å². The van der Waals surface area contributed by atoms with Gasteiger partial charge in [-0.2, -0.15) is 5.26 Å². The van der Waals surface area contributed by atoms with Gasteiger partial charge < -0.3 is 4.74 Å². The van der Waals surface area contributed by atoms with E-state index in [-0.39, 0.29) is 17.5 Å². The van der Waals surface area contributed by atoms with Crippen molar-refractivity contribution in [1.82, 2.24) is 15.0 Å². The third-order valence-corrected chi connectivity index (χ3v) is 5.43. The second kappa shape index (κ2) is 6.97. The molecule has 1 aliphatic heterocycles. The van der Waals surface area contributed by atoms with E-state index in [0.717, 1.165) is 30.6 Å². The van der Waals surface area contributed by atoms with Crippen molar-refractivity contribution in [2.75, 3.05) is 20.2 Å². The molecule has 0 spiro atoms. The monoisotopic (exact) mass is 376 g/mol. The Hall–Kier alpha value is -3.40. The first-order valence-corrected chi connectivity index (χ1v) is 9.23. The van der Waals surface area contributed by atoms with Gasteiger partial charge in [0, 0.05) is 19.3 Å². The van der Waals surface area contributed by atoms with Crippen LogP contribution in [0.2, 0.25) is 0 Å². The largest absolute Gasteiger partial charge is 0.497 e. The molecule has 28 heavy (non-hydrogen) atoms. The minimum atomic E-state index is -0.557. The number of hydrogen-bond donors (Lipinski definition) is 0. The molecule has 1 saturated carbocycles. The Labute approximate surface area is 163 Å². The molecule has 0 N–H and O–H groups in total. The number of methoxy groups -OCH3 is 1. The maximum absolute atomic E-state index is 13.4. The number of aromatic nitrogens is 1. The summed E-state index contributed by atoms with van der Waals surface area (Å²) >= 11 is 0. The van der Waals surface area contributed by atoms with Crippen LogP contribution < -0.4 is 4.74 Å². The van der Waals surface area contributed by atoms with E-state index < -0.39 is 5.41 Å². The Balaban J connectivity index is 1.56. The second-order valence-corrected chi connectivity index (χ2v) is 7.06. The van der Waals surface area contributed by atoms with Crippen LogP contribution in [0.1, 0.15) is 40.9 Å². The normalized spacial score (nSPS) is 17.1. The lowest BCUT2D eigenvalue weighted by atomic mass is 9.94. The van der Waals surface area contributed by atoms with Gasteiger partial charge in [0.1, 0.15) is 17.5 Å². The zero-order chi connectivity index (χ0) is 19.7. The molecule has 2 heterocycles. The smallest absolute Gasteiger partial charge is 0.274 e. The fourth-order valence-electron chi connectivity index (χ4n) is 3.68. The van der Waals surface area contributed by atoms with Crippen molar-refractivity contribution in [1.29, 1.82) is 5.26 Å². The molecule has 2 amide bonds. The highest BCUT2D eigenvalue weighted by Gasteiger charge is 2.55. The summed E-state index contributed by atoms with van der Waals surface area (Å²) in [6, 6.07) is 12.6. The Kier molecular flexibility index (Phi) is 4.47. The molecule has 1 aromatic carbocycles. The van der Waals surface area contributed by atoms with Crippen LogP contribution in [0.15, 0.2) is 42.6 Å². The zero-order valence-electron chi connectivity index (χ0n) is 15.6. The van der Waals surface area contributed by atoms with Crippen molar-refractivity contribution < 1.29 is 14.3 Å². The van der Waals surface area contributed by atoms with Crippen LogP contribution in [0.25, 0.3) is 0 Å². The lowest BCUT2D eigenvalue weighted by Gasteiger charge is -2.31. The number of carbonyl (C=O) groups is 2. The van der Waals surface area contributed by atoms with Crippen molar-refractivity contribution in [3.8, 4) is 11.8 Å². The summed E-state index contributed by atoms with van der Waals surface area (Å²) in [5.41, 5.74) is 1.02. The van der Waals surface area contributed by atoms with Crippen LogP contribution in [0, 0.1) is 11.3 Å². The topological polar surface area (TPSA) is 86.5 Å². The molecular weight excluding hydrogens is 356 g/mol. The van der Waals surface area contributed by atoms with E-state index in [4.69, 9.17) is 10.00 Å². The van der Waals surface area contributed by atoms with E-state index in [2.05, 4.69) is 4.98 Å². The van der Waals surface area contributed by atoms with Gasteiger partial charge in [-0.3, -0.25) is 14.6 Å². The number of carbonyl (C=O) groups excluding carboxylic acids is 2. The number of benzene rings is 1. The van der Waals surface area contributed by atoms with E-state index in [1.54, 1.807) is 18.2 Å². The van der Waals surface area contributed by atoms with E-state index >= 15 is 0 Å². The summed E-state index contributed by atoms with van der Waals surface area (Å²) in [4.78, 5) is 30.3. The molecule has 0 unspecified atom stereocenters. The summed E-state index contributed by atoms with van der Waals surface area (Å²) in [5.74, 6) is 0.441. The first-order valence-electron chi connectivity index (χ1n) is 9.23. The summed E-state index contributed by atoms with van der Waals surface area (Å²) in [7, 11) is 1.61. The number of amides is 2. The third-order valence-electron chi connectivity index (χ3n) is 5.43. The number of rotatable bonds is 4. The van der Waals surface area contributed by atoms with E-state index in [0.29, 0.717) is 18.7 Å². The van der Waals surface area contributed by atoms with Gasteiger partial charge in [-0.15, -0.1) is 0 Å². The first kappa shape index (κ1) is 18.0. The van der Waals surface area contributed by atoms with Crippen LogP contribution >= 0.6 is 0 Å². The molecule has 1 aliphatic carbocycles. The molecule has 0 radical (unpaired) electrons. The van der Waals surface area contributed by atoms with Gasteiger partial charge in [-0.05, 0) is 49.1 Å². The Morgan fingerprint density at radius 2 is 1.82 bits per heavy atom. The number of pyridine rings is 1. The molecule has 4 rings (SSSR count). The predicted molar refractivity (Wildman–Crippen MR) is 100 cm³/mol. The van der Waals surface area contributed by atoms with Gasteiger partial charge in [0.2, 0.25) is 0 Å². The molecule has 142 valence electrons. The molecular formula is C21H20N4O3. The molecule has 2 fully saturated rings. The number of nitrogens with zero attached hydrogens (tertiary/aromatic N) is 4. The molecule has 7 heteroatoms. The lowest BCUT2D eigenvalue weighted by molar-refractivity contribution is -0.143. The number of ether oxygens (including phenoxy) is 1. The molecule has 0 atom stereocenters. The van der Waals surface area contributed by atoms with Gasteiger partial charge in [-0.25, -0.2) is 9.99 Å². The van der Waals surface area contributed by atoms with Crippen molar-refractivity contribution in [2.45, 2.75) is 24.7 Å². The highest BCUT2D eigenvalue weighted by atomic mass is 16.5. The fraction of sp³-hybridized carbons (Fsp3) is 0.333. The Morgan fingerprint density at radius 3 is 2.39 bits per heavy atom. The molecule has 7 nitrogen and oxygen atoms in total. The summed E-state index contributed by atoms with van der Waals surface area (Å²) in [6.45, 7) is 1.01. The van der Waals surface area contributed by atoms with Crippen LogP contribution in [0.5, 0.6) is 5.75 Å². The maximum atomic E-state index is 13.4. The van der Waals surface area contributed by atoms with Crippen molar-refractivity contribution in [3.63, 3.8) is 0 Å². The van der Waals surface area contributed by atoms with Gasteiger partial charge in [0.25, 0.3) is 11.8 Å². The average molecular weight is 376 g/mol. The average Bonchev–Trinajstić information content (AvgIpc) is 3.42. The number of nitriles is 1. The fourth-order valence-corrected chi connectivity index (χ4v) is 3.68. The van der Waals surface area contributed by atoms with E-state index in [1.165, 1.54) is 17.3 Å². The Bertz CT molecular complexity index is 943. The standard InChI is InChI=1S/C21H20N4O3/c1-28-18-7-4-16(5-8-18)21(9-10-21)20(27)25-12-2-11-24(25)19(26)15-3-6-17(13-22)23-14-15/h3-8,14H,2,9-12H2,1H3.